The predicted molar refractivity (Wildman–Crippen MR) is 109 cm³/mol. The van der Waals surface area contributed by atoms with Gasteiger partial charge >= 0.3 is 0 Å². The number of amides is 2. The molecular formula is C23H19N3O3. The number of nitrogens with zero attached hydrogens (tertiary/aromatic N) is 3. The number of rotatable bonds is 5. The van der Waals surface area contributed by atoms with Crippen LogP contribution >= 0.6 is 0 Å². The molecule has 2 heterocycles. The highest BCUT2D eigenvalue weighted by Crippen LogP contribution is 2.31. The van der Waals surface area contributed by atoms with Gasteiger partial charge in [0, 0.05) is 12.4 Å². The molecule has 0 spiro atoms. The molecular weight excluding hydrogens is 366 g/mol. The number of carbonyl (C=O) groups is 2. The summed E-state index contributed by atoms with van der Waals surface area (Å²) in [6, 6.07) is 19.9. The summed E-state index contributed by atoms with van der Waals surface area (Å²) in [4.78, 5) is 36.2. The maximum absolute atomic E-state index is 13.2. The van der Waals surface area contributed by atoms with E-state index in [9.17, 15) is 9.59 Å². The molecule has 2 amide bonds. The normalized spacial score (nSPS) is 17.8. The van der Waals surface area contributed by atoms with Gasteiger partial charge in [0.25, 0.3) is 5.91 Å². The number of hydrogen-bond donors (Lipinski definition) is 0. The van der Waals surface area contributed by atoms with Crippen LogP contribution in [0.2, 0.25) is 0 Å². The molecule has 0 aliphatic carbocycles. The summed E-state index contributed by atoms with van der Waals surface area (Å²) in [7, 11) is 1.59. The molecule has 6 nitrogen and oxygen atoms in total. The van der Waals surface area contributed by atoms with Gasteiger partial charge in [-0.1, -0.05) is 36.4 Å². The third kappa shape index (κ3) is 3.78. The van der Waals surface area contributed by atoms with Crippen LogP contribution in [-0.2, 0) is 16.1 Å². The van der Waals surface area contributed by atoms with Crippen LogP contribution in [0.5, 0.6) is 5.75 Å². The molecule has 3 aromatic rings. The smallest absolute Gasteiger partial charge is 0.276 e. The van der Waals surface area contributed by atoms with E-state index in [0.717, 1.165) is 11.1 Å². The van der Waals surface area contributed by atoms with E-state index in [2.05, 4.69) is 9.98 Å². The van der Waals surface area contributed by atoms with Crippen molar-refractivity contribution in [1.82, 2.24) is 9.88 Å². The SMILES string of the molecule is COc1ccc(N=C2C(=O)N(Cc3cccnc3)C(=O)C2c2ccccc2)cc1. The van der Waals surface area contributed by atoms with Crippen LogP contribution < -0.4 is 4.74 Å². The van der Waals surface area contributed by atoms with E-state index in [1.807, 2.05) is 36.4 Å². The Hall–Kier alpha value is -3.80. The monoisotopic (exact) mass is 385 g/mol. The van der Waals surface area contributed by atoms with Gasteiger partial charge in [-0.2, -0.15) is 0 Å². The van der Waals surface area contributed by atoms with Crippen molar-refractivity contribution in [3.8, 4) is 5.75 Å². The average molecular weight is 385 g/mol. The summed E-state index contributed by atoms with van der Waals surface area (Å²) in [5.41, 5.74) is 2.33. The lowest BCUT2D eigenvalue weighted by Gasteiger charge is -2.14. The first kappa shape index (κ1) is 18.6. The Bertz CT molecular complexity index is 1050. The van der Waals surface area contributed by atoms with Gasteiger partial charge in [-0.3, -0.25) is 19.5 Å². The van der Waals surface area contributed by atoms with Crippen LogP contribution in [0.3, 0.4) is 0 Å². The minimum absolute atomic E-state index is 0.163. The molecule has 144 valence electrons. The van der Waals surface area contributed by atoms with E-state index < -0.39 is 5.92 Å². The molecule has 6 heteroatoms. The van der Waals surface area contributed by atoms with Gasteiger partial charge in [0.1, 0.15) is 17.4 Å². The molecule has 1 atom stereocenters. The first-order valence-corrected chi connectivity index (χ1v) is 9.19. The number of methoxy groups -OCH3 is 1. The third-order valence-corrected chi connectivity index (χ3v) is 4.77. The number of hydrogen-bond acceptors (Lipinski definition) is 5. The lowest BCUT2D eigenvalue weighted by atomic mass is 9.96. The van der Waals surface area contributed by atoms with Gasteiger partial charge in [-0.25, -0.2) is 4.99 Å². The van der Waals surface area contributed by atoms with E-state index >= 15 is 0 Å². The fourth-order valence-corrected chi connectivity index (χ4v) is 3.31. The molecule has 1 fully saturated rings. The lowest BCUT2D eigenvalue weighted by molar-refractivity contribution is -0.138. The molecule has 0 bridgehead atoms. The molecule has 1 aliphatic heterocycles. The minimum Gasteiger partial charge on any atom is -0.497 e. The molecule has 0 radical (unpaired) electrons. The van der Waals surface area contributed by atoms with Crippen molar-refractivity contribution in [3.63, 3.8) is 0 Å². The fourth-order valence-electron chi connectivity index (χ4n) is 3.31. The highest BCUT2D eigenvalue weighted by molar-refractivity contribution is 6.52. The minimum atomic E-state index is -0.734. The molecule has 29 heavy (non-hydrogen) atoms. The number of aromatic nitrogens is 1. The standard InChI is InChI=1S/C23H19N3O3/c1-29-19-11-9-18(10-12-19)25-21-20(17-7-3-2-4-8-17)22(27)26(23(21)28)15-16-6-5-13-24-14-16/h2-14,20H,15H2,1H3. The van der Waals surface area contributed by atoms with Crippen molar-refractivity contribution >= 4 is 23.2 Å². The first-order chi connectivity index (χ1) is 14.2. The van der Waals surface area contributed by atoms with Crippen LogP contribution in [-0.4, -0.2) is 34.5 Å². The number of imide groups is 1. The summed E-state index contributed by atoms with van der Waals surface area (Å²) in [5.74, 6) is -0.705. The summed E-state index contributed by atoms with van der Waals surface area (Å²) in [5, 5.41) is 0. The average Bonchev–Trinajstić information content (AvgIpc) is 3.00. The fraction of sp³-hybridized carbons (Fsp3) is 0.130. The lowest BCUT2D eigenvalue weighted by Crippen LogP contribution is -2.30. The number of benzene rings is 2. The van der Waals surface area contributed by atoms with Gasteiger partial charge in [-0.15, -0.1) is 0 Å². The van der Waals surface area contributed by atoms with Gasteiger partial charge in [0.2, 0.25) is 5.91 Å². The van der Waals surface area contributed by atoms with Crippen LogP contribution in [0.1, 0.15) is 17.0 Å². The van der Waals surface area contributed by atoms with Crippen molar-refractivity contribution in [2.75, 3.05) is 7.11 Å². The first-order valence-electron chi connectivity index (χ1n) is 9.19. The van der Waals surface area contributed by atoms with Gasteiger partial charge < -0.3 is 4.74 Å². The van der Waals surface area contributed by atoms with Crippen LogP contribution in [0.15, 0.2) is 84.1 Å². The van der Waals surface area contributed by atoms with Gasteiger partial charge in [0.15, 0.2) is 0 Å². The van der Waals surface area contributed by atoms with Gasteiger partial charge in [-0.05, 0) is 41.5 Å². The summed E-state index contributed by atoms with van der Waals surface area (Å²) >= 11 is 0. The number of pyridine rings is 1. The Balaban J connectivity index is 1.74. The maximum Gasteiger partial charge on any atom is 0.276 e. The second kappa shape index (κ2) is 8.06. The Morgan fingerprint density at radius 3 is 2.41 bits per heavy atom. The summed E-state index contributed by atoms with van der Waals surface area (Å²) in [6.07, 6.45) is 3.30. The maximum atomic E-state index is 13.2. The molecule has 1 aliphatic rings. The second-order valence-electron chi connectivity index (χ2n) is 6.63. The van der Waals surface area contributed by atoms with Crippen molar-refractivity contribution in [1.29, 1.82) is 0 Å². The molecule has 1 saturated heterocycles. The number of likely N-dealkylation sites (tertiary alicyclic amines) is 1. The zero-order valence-electron chi connectivity index (χ0n) is 15.9. The molecule has 1 unspecified atom stereocenters. The van der Waals surface area contributed by atoms with E-state index in [-0.39, 0.29) is 24.1 Å². The molecule has 4 rings (SSSR count). The second-order valence-corrected chi connectivity index (χ2v) is 6.63. The highest BCUT2D eigenvalue weighted by atomic mass is 16.5. The largest absolute Gasteiger partial charge is 0.497 e. The topological polar surface area (TPSA) is 71.9 Å². The number of aliphatic imine (C=N–C) groups is 1. The van der Waals surface area contributed by atoms with E-state index in [0.29, 0.717) is 11.4 Å². The Morgan fingerprint density at radius 2 is 1.76 bits per heavy atom. The Morgan fingerprint density at radius 1 is 1.00 bits per heavy atom. The van der Waals surface area contributed by atoms with Crippen LogP contribution in [0, 0.1) is 0 Å². The Labute approximate surface area is 168 Å². The molecule has 1 aromatic heterocycles. The zero-order chi connectivity index (χ0) is 20.2. The molecule has 0 saturated carbocycles. The number of ether oxygens (including phenoxy) is 1. The summed E-state index contributed by atoms with van der Waals surface area (Å²) in [6.45, 7) is 0.163. The third-order valence-electron chi connectivity index (χ3n) is 4.77. The van der Waals surface area contributed by atoms with Crippen molar-refractivity contribution in [2.24, 2.45) is 4.99 Å². The highest BCUT2D eigenvalue weighted by Gasteiger charge is 2.45. The van der Waals surface area contributed by atoms with Crippen molar-refractivity contribution in [2.45, 2.75) is 12.5 Å². The van der Waals surface area contributed by atoms with E-state index in [1.54, 1.807) is 49.8 Å². The van der Waals surface area contributed by atoms with Crippen LogP contribution in [0.4, 0.5) is 5.69 Å². The number of carbonyl (C=O) groups excluding carboxylic acids is 2. The van der Waals surface area contributed by atoms with Crippen molar-refractivity contribution < 1.29 is 14.3 Å². The van der Waals surface area contributed by atoms with Crippen LogP contribution in [0.25, 0.3) is 0 Å². The Kier molecular flexibility index (Phi) is 5.16. The predicted octanol–water partition coefficient (Wildman–Crippen LogP) is 3.52. The van der Waals surface area contributed by atoms with Gasteiger partial charge in [0.05, 0.1) is 19.3 Å². The molecule has 0 N–H and O–H groups in total. The van der Waals surface area contributed by atoms with E-state index in [4.69, 9.17) is 4.74 Å². The quantitative estimate of drug-likeness (QED) is 0.630. The summed E-state index contributed by atoms with van der Waals surface area (Å²) < 4.78 is 5.17. The van der Waals surface area contributed by atoms with E-state index in [1.165, 1.54) is 4.90 Å². The zero-order valence-corrected chi connectivity index (χ0v) is 15.9. The van der Waals surface area contributed by atoms with Crippen molar-refractivity contribution in [3.05, 3.63) is 90.3 Å². The molecule has 2 aromatic carbocycles.